The van der Waals surface area contributed by atoms with Crippen molar-refractivity contribution in [3.8, 4) is 6.07 Å². The number of hydrogen-bond donors (Lipinski definition) is 0. The molecule has 1 aliphatic carbocycles. The summed E-state index contributed by atoms with van der Waals surface area (Å²) in [6, 6.07) is 11.8. The van der Waals surface area contributed by atoms with Gasteiger partial charge in [0.25, 0.3) is 0 Å². The molecule has 130 valence electrons. The van der Waals surface area contributed by atoms with Crippen molar-refractivity contribution < 1.29 is 8.78 Å². The minimum atomic E-state index is -0.731. The Bertz CT molecular complexity index is 787. The van der Waals surface area contributed by atoms with Crippen LogP contribution in [0.3, 0.4) is 0 Å². The standard InChI is InChI=1S/C22H23F2N/c1-2-3-15-4-6-16(7-5-15)8-9-17-10-11-19-18(12-17)13-21(23)20(14-25)22(19)24/h4-7,13,17H,2-3,8-12H2,1H3. The van der Waals surface area contributed by atoms with Gasteiger partial charge < -0.3 is 0 Å². The number of benzene rings is 2. The van der Waals surface area contributed by atoms with E-state index in [2.05, 4.69) is 31.2 Å². The highest BCUT2D eigenvalue weighted by Gasteiger charge is 2.25. The van der Waals surface area contributed by atoms with Crippen molar-refractivity contribution in [3.05, 3.63) is 69.8 Å². The maximum atomic E-state index is 14.2. The van der Waals surface area contributed by atoms with Crippen LogP contribution in [0.4, 0.5) is 8.78 Å². The lowest BCUT2D eigenvalue weighted by atomic mass is 9.80. The van der Waals surface area contributed by atoms with Crippen LogP contribution in [0.2, 0.25) is 0 Å². The summed E-state index contributed by atoms with van der Waals surface area (Å²) in [6.45, 7) is 2.18. The third-order valence-corrected chi connectivity index (χ3v) is 5.24. The Morgan fingerprint density at radius 1 is 1.12 bits per heavy atom. The van der Waals surface area contributed by atoms with Gasteiger partial charge in [-0.3, -0.25) is 0 Å². The van der Waals surface area contributed by atoms with Crippen LogP contribution in [-0.4, -0.2) is 0 Å². The van der Waals surface area contributed by atoms with Crippen LogP contribution < -0.4 is 0 Å². The lowest BCUT2D eigenvalue weighted by Crippen LogP contribution is -2.17. The smallest absolute Gasteiger partial charge is 0.147 e. The first kappa shape index (κ1) is 17.6. The summed E-state index contributed by atoms with van der Waals surface area (Å²) in [4.78, 5) is 0. The Labute approximate surface area is 148 Å². The van der Waals surface area contributed by atoms with Crippen LogP contribution in [0, 0.1) is 28.9 Å². The zero-order chi connectivity index (χ0) is 17.8. The van der Waals surface area contributed by atoms with Crippen LogP contribution in [0.5, 0.6) is 0 Å². The van der Waals surface area contributed by atoms with E-state index in [0.29, 0.717) is 24.3 Å². The van der Waals surface area contributed by atoms with Gasteiger partial charge in [0.05, 0.1) is 0 Å². The lowest BCUT2D eigenvalue weighted by molar-refractivity contribution is 0.415. The van der Waals surface area contributed by atoms with E-state index in [1.54, 1.807) is 6.07 Å². The predicted molar refractivity (Wildman–Crippen MR) is 95.3 cm³/mol. The molecule has 3 rings (SSSR count). The zero-order valence-corrected chi connectivity index (χ0v) is 14.6. The second kappa shape index (κ2) is 7.78. The van der Waals surface area contributed by atoms with E-state index in [0.717, 1.165) is 37.7 Å². The monoisotopic (exact) mass is 339 g/mol. The van der Waals surface area contributed by atoms with Crippen LogP contribution in [0.25, 0.3) is 0 Å². The van der Waals surface area contributed by atoms with Crippen LogP contribution >= 0.6 is 0 Å². The first-order chi connectivity index (χ1) is 12.1. The summed E-state index contributed by atoms with van der Waals surface area (Å²) in [5.74, 6) is -0.942. The number of nitriles is 1. The molecule has 0 radical (unpaired) electrons. The predicted octanol–water partition coefficient (Wildman–Crippen LogP) is 5.53. The molecule has 25 heavy (non-hydrogen) atoms. The summed E-state index contributed by atoms with van der Waals surface area (Å²) >= 11 is 0. The quantitative estimate of drug-likeness (QED) is 0.703. The first-order valence-corrected chi connectivity index (χ1v) is 9.10. The molecule has 1 nitrogen and oxygen atoms in total. The van der Waals surface area contributed by atoms with Crippen LogP contribution in [0.15, 0.2) is 30.3 Å². The van der Waals surface area contributed by atoms with Gasteiger partial charge in [-0.2, -0.15) is 5.26 Å². The fourth-order valence-electron chi connectivity index (χ4n) is 3.80. The van der Waals surface area contributed by atoms with Gasteiger partial charge >= 0.3 is 0 Å². The summed E-state index contributed by atoms with van der Waals surface area (Å²) < 4.78 is 28.1. The molecular weight excluding hydrogens is 316 g/mol. The number of hydrogen-bond acceptors (Lipinski definition) is 1. The minimum Gasteiger partial charge on any atom is -0.205 e. The molecule has 0 heterocycles. The van der Waals surface area contributed by atoms with Crippen LogP contribution in [0.1, 0.15) is 54.0 Å². The highest BCUT2D eigenvalue weighted by Crippen LogP contribution is 2.32. The molecule has 0 spiro atoms. The van der Waals surface area contributed by atoms with Gasteiger partial charge in [0, 0.05) is 0 Å². The van der Waals surface area contributed by atoms with Crippen LogP contribution in [-0.2, 0) is 25.7 Å². The van der Waals surface area contributed by atoms with Crippen molar-refractivity contribution in [3.63, 3.8) is 0 Å². The van der Waals surface area contributed by atoms with Crippen molar-refractivity contribution in [2.24, 2.45) is 5.92 Å². The van der Waals surface area contributed by atoms with Gasteiger partial charge in [-0.05, 0) is 72.8 Å². The fourth-order valence-corrected chi connectivity index (χ4v) is 3.80. The molecule has 2 aromatic carbocycles. The summed E-state index contributed by atoms with van der Waals surface area (Å²) in [5, 5.41) is 8.89. The molecule has 0 saturated carbocycles. The van der Waals surface area contributed by atoms with E-state index >= 15 is 0 Å². The topological polar surface area (TPSA) is 23.8 Å². The molecule has 0 fully saturated rings. The third-order valence-electron chi connectivity index (χ3n) is 5.24. The zero-order valence-electron chi connectivity index (χ0n) is 14.6. The molecule has 0 bridgehead atoms. The molecule has 0 amide bonds. The minimum absolute atomic E-state index is 0.439. The number of halogens is 2. The number of nitrogens with zero attached hydrogens (tertiary/aromatic N) is 1. The summed E-state index contributed by atoms with van der Waals surface area (Å²) in [5.41, 5.74) is 3.53. The van der Waals surface area contributed by atoms with Crippen molar-refractivity contribution in [2.75, 3.05) is 0 Å². The average Bonchev–Trinajstić information content (AvgIpc) is 2.61. The van der Waals surface area contributed by atoms with Crippen molar-refractivity contribution in [1.29, 1.82) is 5.26 Å². The third kappa shape index (κ3) is 3.90. The maximum absolute atomic E-state index is 14.2. The van der Waals surface area contributed by atoms with E-state index in [1.165, 1.54) is 17.2 Å². The molecule has 3 heteroatoms. The van der Waals surface area contributed by atoms with E-state index < -0.39 is 17.2 Å². The SMILES string of the molecule is CCCc1ccc(CCC2CCc3c(cc(F)c(C#N)c3F)C2)cc1. The van der Waals surface area contributed by atoms with E-state index in [1.807, 2.05) is 0 Å². The molecular formula is C22H23F2N. The Balaban J connectivity index is 1.64. The Morgan fingerprint density at radius 2 is 1.80 bits per heavy atom. The van der Waals surface area contributed by atoms with Gasteiger partial charge in [0.1, 0.15) is 23.3 Å². The van der Waals surface area contributed by atoms with E-state index in [-0.39, 0.29) is 0 Å². The molecule has 1 aliphatic rings. The number of aryl methyl sites for hydroxylation is 2. The van der Waals surface area contributed by atoms with Crippen molar-refractivity contribution in [1.82, 2.24) is 0 Å². The molecule has 0 aromatic heterocycles. The van der Waals surface area contributed by atoms with Gasteiger partial charge in [-0.15, -0.1) is 0 Å². The molecule has 1 atom stereocenters. The Morgan fingerprint density at radius 3 is 2.44 bits per heavy atom. The largest absolute Gasteiger partial charge is 0.205 e. The molecule has 0 saturated heterocycles. The second-order valence-electron chi connectivity index (χ2n) is 7.01. The fraction of sp³-hybridized carbons (Fsp3) is 0.409. The highest BCUT2D eigenvalue weighted by molar-refractivity contribution is 5.42. The molecule has 2 aromatic rings. The Hall–Kier alpha value is -2.21. The van der Waals surface area contributed by atoms with Crippen molar-refractivity contribution >= 4 is 0 Å². The van der Waals surface area contributed by atoms with Gasteiger partial charge in [-0.25, -0.2) is 8.78 Å². The van der Waals surface area contributed by atoms with E-state index in [4.69, 9.17) is 5.26 Å². The first-order valence-electron chi connectivity index (χ1n) is 9.10. The number of rotatable bonds is 5. The maximum Gasteiger partial charge on any atom is 0.147 e. The number of fused-ring (bicyclic) bond motifs is 1. The second-order valence-corrected chi connectivity index (χ2v) is 7.01. The van der Waals surface area contributed by atoms with Crippen molar-refractivity contribution in [2.45, 2.75) is 51.9 Å². The van der Waals surface area contributed by atoms with Gasteiger partial charge in [0.2, 0.25) is 0 Å². The normalized spacial score (nSPS) is 16.3. The van der Waals surface area contributed by atoms with Gasteiger partial charge in [0.15, 0.2) is 0 Å². The lowest BCUT2D eigenvalue weighted by Gasteiger charge is -2.25. The van der Waals surface area contributed by atoms with E-state index in [9.17, 15) is 8.78 Å². The van der Waals surface area contributed by atoms with Gasteiger partial charge in [-0.1, -0.05) is 37.6 Å². The molecule has 1 unspecified atom stereocenters. The highest BCUT2D eigenvalue weighted by atomic mass is 19.1. The summed E-state index contributed by atoms with van der Waals surface area (Å²) in [7, 11) is 0. The summed E-state index contributed by atoms with van der Waals surface area (Å²) in [6.07, 6.45) is 6.47. The molecule has 0 N–H and O–H groups in total. The Kier molecular flexibility index (Phi) is 5.48. The molecule has 0 aliphatic heterocycles. The average molecular weight is 339 g/mol.